The molecule has 0 radical (unpaired) electrons. The van der Waals surface area contributed by atoms with E-state index in [4.69, 9.17) is 4.42 Å². The van der Waals surface area contributed by atoms with Crippen molar-refractivity contribution < 1.29 is 27.5 Å². The molecule has 1 atom stereocenters. The Kier molecular flexibility index (Phi) is 6.21. The first kappa shape index (κ1) is 20.2. The van der Waals surface area contributed by atoms with E-state index in [0.717, 1.165) is 17.0 Å². The Morgan fingerprint density at radius 2 is 1.89 bits per heavy atom. The molecule has 3 aromatic rings. The molecule has 28 heavy (non-hydrogen) atoms. The Bertz CT molecular complexity index is 902. The lowest BCUT2D eigenvalue weighted by Crippen LogP contribution is -2.28. The smallest absolute Gasteiger partial charge is 0.416 e. The van der Waals surface area contributed by atoms with Crippen LogP contribution in [-0.2, 0) is 17.4 Å². The van der Waals surface area contributed by atoms with Crippen molar-refractivity contribution >= 4 is 17.2 Å². The molecule has 0 aliphatic carbocycles. The highest BCUT2D eigenvalue weighted by Gasteiger charge is 2.29. The number of amides is 1. The summed E-state index contributed by atoms with van der Waals surface area (Å²) in [6.07, 6.45) is -4.94. The van der Waals surface area contributed by atoms with E-state index >= 15 is 0 Å². The van der Waals surface area contributed by atoms with Crippen LogP contribution in [-0.4, -0.2) is 17.6 Å². The lowest BCUT2D eigenvalue weighted by atomic mass is 10.1. The van der Waals surface area contributed by atoms with Gasteiger partial charge >= 0.3 is 6.18 Å². The lowest BCUT2D eigenvalue weighted by Gasteiger charge is -2.10. The number of carbonyl (C=O) groups is 1. The molecule has 0 aliphatic rings. The fourth-order valence-corrected chi connectivity index (χ4v) is 3.29. The average molecular weight is 409 g/mol. The van der Waals surface area contributed by atoms with Crippen molar-refractivity contribution in [2.45, 2.75) is 25.1 Å². The van der Waals surface area contributed by atoms with E-state index in [2.05, 4.69) is 5.32 Å². The summed E-state index contributed by atoms with van der Waals surface area (Å²) in [5.74, 6) is 0.702. The van der Waals surface area contributed by atoms with Crippen LogP contribution in [0.15, 0.2) is 58.3 Å². The summed E-state index contributed by atoms with van der Waals surface area (Å²) in [6.45, 7) is -0.0107. The third-order valence-electron chi connectivity index (χ3n) is 4.13. The zero-order valence-corrected chi connectivity index (χ0v) is 15.5. The second kappa shape index (κ2) is 8.62. The normalized spacial score (nSPS) is 12.7. The fraction of sp³-hybridized carbons (Fsp3) is 0.250. The van der Waals surface area contributed by atoms with Crippen molar-refractivity contribution in [1.82, 2.24) is 5.32 Å². The van der Waals surface area contributed by atoms with Gasteiger partial charge in [-0.1, -0.05) is 18.2 Å². The molecule has 1 aromatic carbocycles. The van der Waals surface area contributed by atoms with Crippen molar-refractivity contribution in [3.05, 3.63) is 70.8 Å². The second-order valence-electron chi connectivity index (χ2n) is 6.19. The number of rotatable bonds is 7. The van der Waals surface area contributed by atoms with Crippen LogP contribution in [0.4, 0.5) is 13.2 Å². The van der Waals surface area contributed by atoms with E-state index in [9.17, 15) is 23.1 Å². The molecule has 0 bridgehead atoms. The van der Waals surface area contributed by atoms with Crippen molar-refractivity contribution in [1.29, 1.82) is 0 Å². The molecule has 0 saturated carbocycles. The van der Waals surface area contributed by atoms with Crippen molar-refractivity contribution in [2.75, 3.05) is 6.54 Å². The SMILES string of the molecule is O=C(CCc1ccc(C(F)(F)F)cc1)NCC(O)c1ccc(-c2cccs2)o1. The third kappa shape index (κ3) is 5.24. The van der Waals surface area contributed by atoms with Gasteiger partial charge in [-0.05, 0) is 47.7 Å². The highest BCUT2D eigenvalue weighted by molar-refractivity contribution is 7.13. The predicted molar refractivity (Wildman–Crippen MR) is 99.8 cm³/mol. The molecule has 0 saturated heterocycles. The minimum Gasteiger partial charge on any atom is -0.457 e. The molecular formula is C20H18F3NO3S. The number of alkyl halides is 3. The van der Waals surface area contributed by atoms with Gasteiger partial charge in [0.15, 0.2) is 0 Å². The Morgan fingerprint density at radius 1 is 1.14 bits per heavy atom. The molecule has 0 aliphatic heterocycles. The molecule has 148 valence electrons. The van der Waals surface area contributed by atoms with Gasteiger partial charge in [0.25, 0.3) is 0 Å². The molecule has 0 spiro atoms. The summed E-state index contributed by atoms with van der Waals surface area (Å²) in [4.78, 5) is 12.9. The van der Waals surface area contributed by atoms with Gasteiger partial charge in [-0.25, -0.2) is 0 Å². The number of nitrogens with one attached hydrogen (secondary N) is 1. The number of hydrogen-bond donors (Lipinski definition) is 2. The zero-order valence-electron chi connectivity index (χ0n) is 14.7. The average Bonchev–Trinajstić information content (AvgIpc) is 3.35. The van der Waals surface area contributed by atoms with Gasteiger partial charge in [0, 0.05) is 6.42 Å². The summed E-state index contributed by atoms with van der Waals surface area (Å²) in [5, 5.41) is 14.7. The number of carbonyl (C=O) groups excluding carboxylic acids is 1. The number of furan rings is 1. The molecule has 4 nitrogen and oxygen atoms in total. The van der Waals surface area contributed by atoms with Crippen LogP contribution in [0, 0.1) is 0 Å². The summed E-state index contributed by atoms with van der Waals surface area (Å²) < 4.78 is 43.2. The molecule has 1 unspecified atom stereocenters. The van der Waals surface area contributed by atoms with Gasteiger partial charge in [0.2, 0.25) is 5.91 Å². The first-order valence-corrected chi connectivity index (χ1v) is 9.45. The largest absolute Gasteiger partial charge is 0.457 e. The minimum absolute atomic E-state index is 0.0107. The number of hydrogen-bond acceptors (Lipinski definition) is 4. The monoisotopic (exact) mass is 409 g/mol. The number of aryl methyl sites for hydroxylation is 1. The Balaban J connectivity index is 1.45. The Labute approximate surface area is 163 Å². The molecule has 2 heterocycles. The molecular weight excluding hydrogens is 391 g/mol. The highest BCUT2D eigenvalue weighted by Crippen LogP contribution is 2.30. The highest BCUT2D eigenvalue weighted by atomic mass is 32.1. The van der Waals surface area contributed by atoms with Crippen LogP contribution in [0.25, 0.3) is 10.6 Å². The van der Waals surface area contributed by atoms with Gasteiger partial charge in [-0.2, -0.15) is 13.2 Å². The van der Waals surface area contributed by atoms with E-state index < -0.39 is 17.8 Å². The quantitative estimate of drug-likeness (QED) is 0.589. The summed E-state index contributed by atoms with van der Waals surface area (Å²) in [6, 6.07) is 11.9. The second-order valence-corrected chi connectivity index (χ2v) is 7.14. The maximum Gasteiger partial charge on any atom is 0.416 e. The van der Waals surface area contributed by atoms with Crippen molar-refractivity contribution in [2.24, 2.45) is 0 Å². The van der Waals surface area contributed by atoms with Gasteiger partial charge in [-0.15, -0.1) is 11.3 Å². The van der Waals surface area contributed by atoms with E-state index in [0.29, 0.717) is 23.5 Å². The molecule has 8 heteroatoms. The summed E-state index contributed by atoms with van der Waals surface area (Å²) in [5.41, 5.74) is -0.0838. The van der Waals surface area contributed by atoms with Crippen LogP contribution in [0.3, 0.4) is 0 Å². The van der Waals surface area contributed by atoms with Crippen molar-refractivity contribution in [3.8, 4) is 10.6 Å². The van der Waals surface area contributed by atoms with E-state index in [1.807, 2.05) is 17.5 Å². The van der Waals surface area contributed by atoms with Crippen LogP contribution in [0.5, 0.6) is 0 Å². The standard InChI is InChI=1S/C20H18F3NO3S/c21-20(22,23)14-6-3-13(4-7-14)5-10-19(26)24-12-15(25)16-8-9-17(27-16)18-2-1-11-28-18/h1-4,6-9,11,15,25H,5,10,12H2,(H,24,26). The maximum atomic E-state index is 12.5. The molecule has 3 rings (SSSR count). The molecule has 0 fully saturated rings. The minimum atomic E-state index is -4.37. The van der Waals surface area contributed by atoms with Crippen LogP contribution in [0.2, 0.25) is 0 Å². The number of aliphatic hydroxyl groups is 1. The van der Waals surface area contributed by atoms with Crippen LogP contribution < -0.4 is 5.32 Å². The van der Waals surface area contributed by atoms with E-state index in [1.165, 1.54) is 23.5 Å². The van der Waals surface area contributed by atoms with Crippen LogP contribution in [0.1, 0.15) is 29.4 Å². The third-order valence-corrected chi connectivity index (χ3v) is 5.02. The number of halogens is 3. The van der Waals surface area contributed by atoms with E-state index in [-0.39, 0.29) is 18.9 Å². The van der Waals surface area contributed by atoms with Crippen LogP contribution >= 0.6 is 11.3 Å². The number of aliphatic hydroxyl groups excluding tert-OH is 1. The predicted octanol–water partition coefficient (Wildman–Crippen LogP) is 4.81. The Hall–Kier alpha value is -2.58. The van der Waals surface area contributed by atoms with Crippen molar-refractivity contribution in [3.63, 3.8) is 0 Å². The first-order chi connectivity index (χ1) is 13.3. The van der Waals surface area contributed by atoms with Gasteiger partial charge in [-0.3, -0.25) is 4.79 Å². The topological polar surface area (TPSA) is 62.5 Å². The number of thiophene rings is 1. The Morgan fingerprint density at radius 3 is 2.54 bits per heavy atom. The van der Waals surface area contributed by atoms with E-state index in [1.54, 1.807) is 12.1 Å². The van der Waals surface area contributed by atoms with Gasteiger partial charge in [0.05, 0.1) is 17.0 Å². The summed E-state index contributed by atoms with van der Waals surface area (Å²) >= 11 is 1.52. The molecule has 2 aromatic heterocycles. The zero-order chi connectivity index (χ0) is 20.1. The van der Waals surface area contributed by atoms with Gasteiger partial charge < -0.3 is 14.8 Å². The fourth-order valence-electron chi connectivity index (χ4n) is 2.60. The molecule has 1 amide bonds. The molecule has 2 N–H and O–H groups in total. The van der Waals surface area contributed by atoms with Gasteiger partial charge in [0.1, 0.15) is 17.6 Å². The lowest BCUT2D eigenvalue weighted by molar-refractivity contribution is -0.137. The maximum absolute atomic E-state index is 12.5. The first-order valence-electron chi connectivity index (χ1n) is 8.57. The summed E-state index contributed by atoms with van der Waals surface area (Å²) in [7, 11) is 0. The number of benzene rings is 1.